The van der Waals surface area contributed by atoms with E-state index in [1.54, 1.807) is 36.6 Å². The molecule has 2 heterocycles. The van der Waals surface area contributed by atoms with Crippen LogP contribution in [0.15, 0.2) is 41.2 Å². The van der Waals surface area contributed by atoms with Crippen LogP contribution in [0.2, 0.25) is 0 Å². The molecule has 4 aromatic rings. The maximum Gasteiger partial charge on any atom is 0.212 e. The quantitative estimate of drug-likeness (QED) is 0.524. The number of hydrogen-bond donors (Lipinski definition) is 1. The van der Waals surface area contributed by atoms with E-state index < -0.39 is 0 Å². The van der Waals surface area contributed by atoms with Crippen LogP contribution in [0.5, 0.6) is 11.5 Å². The fraction of sp³-hybridized carbons (Fsp3) is 0.318. The SMILES string of the molecule is CCN(CC)CCn1c2ccc(OC)cc2c2sc3cc(O)ccc3c(=O)c21. The Morgan fingerprint density at radius 1 is 1.11 bits per heavy atom. The number of ether oxygens (including phenoxy) is 1. The Kier molecular flexibility index (Phi) is 5.00. The summed E-state index contributed by atoms with van der Waals surface area (Å²) in [6.07, 6.45) is 0. The Morgan fingerprint density at radius 2 is 1.89 bits per heavy atom. The number of hydrogen-bond acceptors (Lipinski definition) is 5. The molecule has 5 nitrogen and oxygen atoms in total. The second-order valence-corrected chi connectivity index (χ2v) is 7.90. The van der Waals surface area contributed by atoms with E-state index in [0.717, 1.165) is 57.7 Å². The van der Waals surface area contributed by atoms with Gasteiger partial charge in [0.05, 0.1) is 17.3 Å². The molecule has 0 aliphatic carbocycles. The smallest absolute Gasteiger partial charge is 0.212 e. The lowest BCUT2D eigenvalue weighted by atomic mass is 10.2. The topological polar surface area (TPSA) is 54.7 Å². The summed E-state index contributed by atoms with van der Waals surface area (Å²) in [7, 11) is 1.65. The van der Waals surface area contributed by atoms with E-state index in [9.17, 15) is 9.90 Å². The van der Waals surface area contributed by atoms with Crippen molar-refractivity contribution < 1.29 is 9.84 Å². The van der Waals surface area contributed by atoms with E-state index in [-0.39, 0.29) is 11.2 Å². The van der Waals surface area contributed by atoms with Gasteiger partial charge in [-0.05, 0) is 49.5 Å². The standard InChI is InChI=1S/C22H24N2O3S/c1-4-23(5-2)10-11-24-18-9-7-15(27-3)13-17(18)22-20(24)21(26)16-8-6-14(25)12-19(16)28-22/h6-9,12-13,25H,4-5,10-11H2,1-3H3. The van der Waals surface area contributed by atoms with Crippen LogP contribution in [0, 0.1) is 0 Å². The zero-order chi connectivity index (χ0) is 19.8. The van der Waals surface area contributed by atoms with Crippen molar-refractivity contribution in [3.05, 3.63) is 46.6 Å². The third kappa shape index (κ3) is 3.02. The molecule has 0 amide bonds. The van der Waals surface area contributed by atoms with Crippen molar-refractivity contribution >= 4 is 42.5 Å². The van der Waals surface area contributed by atoms with Gasteiger partial charge in [-0.15, -0.1) is 11.3 Å². The fourth-order valence-electron chi connectivity index (χ4n) is 3.79. The first-order chi connectivity index (χ1) is 13.6. The highest BCUT2D eigenvalue weighted by Crippen LogP contribution is 2.36. The molecule has 0 spiro atoms. The molecule has 2 aromatic carbocycles. The number of phenols is 1. The van der Waals surface area contributed by atoms with Gasteiger partial charge in [0.1, 0.15) is 17.0 Å². The molecule has 0 aliphatic heterocycles. The Hall–Kier alpha value is -2.57. The highest BCUT2D eigenvalue weighted by atomic mass is 32.1. The van der Waals surface area contributed by atoms with Crippen molar-refractivity contribution in [3.63, 3.8) is 0 Å². The average Bonchev–Trinajstić information content (AvgIpc) is 3.01. The van der Waals surface area contributed by atoms with Crippen molar-refractivity contribution in [2.75, 3.05) is 26.7 Å². The van der Waals surface area contributed by atoms with Gasteiger partial charge in [-0.25, -0.2) is 0 Å². The monoisotopic (exact) mass is 396 g/mol. The zero-order valence-corrected chi connectivity index (χ0v) is 17.2. The molecule has 0 saturated carbocycles. The minimum atomic E-state index is 0.0125. The fourth-order valence-corrected chi connectivity index (χ4v) is 5.04. The summed E-state index contributed by atoms with van der Waals surface area (Å²) in [5, 5.41) is 11.5. The number of fused-ring (bicyclic) bond motifs is 4. The maximum atomic E-state index is 13.4. The molecule has 0 fully saturated rings. The molecular formula is C22H24N2O3S. The Labute approximate surface area is 167 Å². The number of aromatic nitrogens is 1. The van der Waals surface area contributed by atoms with Crippen molar-refractivity contribution in [1.29, 1.82) is 0 Å². The number of methoxy groups -OCH3 is 1. The average molecular weight is 397 g/mol. The molecule has 0 radical (unpaired) electrons. The molecule has 0 aliphatic rings. The number of nitrogens with zero attached hydrogens (tertiary/aromatic N) is 2. The van der Waals surface area contributed by atoms with Crippen molar-refractivity contribution in [3.8, 4) is 11.5 Å². The molecule has 0 saturated heterocycles. The predicted octanol–water partition coefficient (Wildman–Crippen LogP) is 4.43. The van der Waals surface area contributed by atoms with Gasteiger partial charge in [-0.2, -0.15) is 0 Å². The highest BCUT2D eigenvalue weighted by molar-refractivity contribution is 7.25. The largest absolute Gasteiger partial charge is 0.508 e. The van der Waals surface area contributed by atoms with Crippen molar-refractivity contribution in [2.24, 2.45) is 0 Å². The predicted molar refractivity (Wildman–Crippen MR) is 117 cm³/mol. The van der Waals surface area contributed by atoms with Crippen LogP contribution in [-0.4, -0.2) is 41.3 Å². The Balaban J connectivity index is 2.04. The van der Waals surface area contributed by atoms with Gasteiger partial charge in [-0.1, -0.05) is 13.8 Å². The Morgan fingerprint density at radius 3 is 2.61 bits per heavy atom. The molecule has 0 atom stereocenters. The van der Waals surface area contributed by atoms with Crippen LogP contribution in [0.4, 0.5) is 0 Å². The molecule has 0 unspecified atom stereocenters. The molecular weight excluding hydrogens is 372 g/mol. The second-order valence-electron chi connectivity index (χ2n) is 6.85. The first-order valence-electron chi connectivity index (χ1n) is 9.55. The van der Waals surface area contributed by atoms with E-state index in [1.807, 2.05) is 18.2 Å². The minimum Gasteiger partial charge on any atom is -0.508 e. The van der Waals surface area contributed by atoms with Gasteiger partial charge in [0.15, 0.2) is 0 Å². The normalized spacial score (nSPS) is 11.9. The first kappa shape index (κ1) is 18.8. The van der Waals surface area contributed by atoms with Gasteiger partial charge in [-0.3, -0.25) is 4.79 Å². The molecule has 0 bridgehead atoms. The van der Waals surface area contributed by atoms with Crippen LogP contribution in [-0.2, 0) is 6.54 Å². The van der Waals surface area contributed by atoms with E-state index in [0.29, 0.717) is 5.39 Å². The number of phenolic OH excluding ortho intramolecular Hbond substituents is 1. The van der Waals surface area contributed by atoms with Crippen molar-refractivity contribution in [1.82, 2.24) is 9.47 Å². The molecule has 146 valence electrons. The number of benzene rings is 2. The summed E-state index contributed by atoms with van der Waals surface area (Å²) in [4.78, 5) is 15.7. The molecule has 2 aromatic heterocycles. The minimum absolute atomic E-state index is 0.0125. The summed E-state index contributed by atoms with van der Waals surface area (Å²) in [6.45, 7) is 7.91. The lowest BCUT2D eigenvalue weighted by molar-refractivity contribution is 0.293. The third-order valence-corrected chi connectivity index (χ3v) is 6.57. The summed E-state index contributed by atoms with van der Waals surface area (Å²) in [5.74, 6) is 0.941. The summed E-state index contributed by atoms with van der Waals surface area (Å²) < 4.78 is 9.30. The van der Waals surface area contributed by atoms with Crippen LogP contribution < -0.4 is 10.2 Å². The van der Waals surface area contributed by atoms with Gasteiger partial charge in [0.2, 0.25) is 5.43 Å². The van der Waals surface area contributed by atoms with Gasteiger partial charge in [0.25, 0.3) is 0 Å². The lowest BCUT2D eigenvalue weighted by Gasteiger charge is -2.19. The van der Waals surface area contributed by atoms with Crippen LogP contribution >= 0.6 is 11.3 Å². The maximum absolute atomic E-state index is 13.4. The van der Waals surface area contributed by atoms with Crippen LogP contribution in [0.3, 0.4) is 0 Å². The van der Waals surface area contributed by atoms with Gasteiger partial charge in [0, 0.05) is 28.6 Å². The van der Waals surface area contributed by atoms with Crippen LogP contribution in [0.1, 0.15) is 13.8 Å². The van der Waals surface area contributed by atoms with Gasteiger partial charge < -0.3 is 19.3 Å². The van der Waals surface area contributed by atoms with Crippen molar-refractivity contribution in [2.45, 2.75) is 20.4 Å². The third-order valence-electron chi connectivity index (χ3n) is 5.40. The number of aromatic hydroxyl groups is 1. The summed E-state index contributed by atoms with van der Waals surface area (Å²) >= 11 is 1.54. The molecule has 28 heavy (non-hydrogen) atoms. The Bertz CT molecular complexity index is 1220. The van der Waals surface area contributed by atoms with Gasteiger partial charge >= 0.3 is 0 Å². The van der Waals surface area contributed by atoms with E-state index in [4.69, 9.17) is 4.74 Å². The molecule has 6 heteroatoms. The van der Waals surface area contributed by atoms with E-state index in [1.165, 1.54) is 0 Å². The number of likely N-dealkylation sites (N-methyl/N-ethyl adjacent to an activating group) is 1. The zero-order valence-electron chi connectivity index (χ0n) is 16.4. The van der Waals surface area contributed by atoms with E-state index >= 15 is 0 Å². The lowest BCUT2D eigenvalue weighted by Crippen LogP contribution is -2.27. The second kappa shape index (κ2) is 7.45. The first-order valence-corrected chi connectivity index (χ1v) is 10.4. The molecule has 4 rings (SSSR count). The number of rotatable bonds is 6. The highest BCUT2D eigenvalue weighted by Gasteiger charge is 2.18. The van der Waals surface area contributed by atoms with Crippen LogP contribution in [0.25, 0.3) is 31.2 Å². The molecule has 1 N–H and O–H groups in total. The summed E-state index contributed by atoms with van der Waals surface area (Å²) in [6, 6.07) is 10.9. The van der Waals surface area contributed by atoms with E-state index in [2.05, 4.69) is 23.3 Å². The summed E-state index contributed by atoms with van der Waals surface area (Å²) in [5.41, 5.74) is 1.79.